The fourth-order valence-electron chi connectivity index (χ4n) is 2.33. The van der Waals surface area contributed by atoms with E-state index in [2.05, 4.69) is 14.9 Å². The van der Waals surface area contributed by atoms with Gasteiger partial charge in [0.1, 0.15) is 0 Å². The van der Waals surface area contributed by atoms with E-state index in [0.717, 1.165) is 25.2 Å². The molecule has 0 bridgehead atoms. The Morgan fingerprint density at radius 2 is 2.28 bits per heavy atom. The fraction of sp³-hybridized carbons (Fsp3) is 0.667. The molecule has 1 fully saturated rings. The first kappa shape index (κ1) is 13.0. The van der Waals surface area contributed by atoms with Crippen LogP contribution in [0.4, 0.5) is 5.82 Å². The van der Waals surface area contributed by atoms with Gasteiger partial charge >= 0.3 is 0 Å². The largest absolute Gasteiger partial charge is 0.480 e. The Morgan fingerprint density at radius 3 is 2.94 bits per heavy atom. The molecule has 2 rings (SSSR count). The van der Waals surface area contributed by atoms with Crippen LogP contribution in [0.1, 0.15) is 12.8 Å². The van der Waals surface area contributed by atoms with Crippen LogP contribution < -0.4 is 15.4 Å². The summed E-state index contributed by atoms with van der Waals surface area (Å²) < 4.78 is 10.5. The molecule has 0 saturated carbocycles. The minimum atomic E-state index is 0.241. The van der Waals surface area contributed by atoms with E-state index in [-0.39, 0.29) is 12.1 Å². The maximum absolute atomic E-state index is 5.84. The number of nitrogens with zero attached hydrogens (tertiary/aromatic N) is 3. The average Bonchev–Trinajstić information content (AvgIpc) is 2.46. The Labute approximate surface area is 107 Å². The van der Waals surface area contributed by atoms with Gasteiger partial charge < -0.3 is 20.1 Å². The SMILES string of the molecule is COc1cncc(N2CCC(OC)CC2CN)n1. The second-order valence-corrected chi connectivity index (χ2v) is 4.38. The van der Waals surface area contributed by atoms with E-state index in [1.807, 2.05) is 0 Å². The van der Waals surface area contributed by atoms with Crippen molar-refractivity contribution in [1.82, 2.24) is 9.97 Å². The zero-order chi connectivity index (χ0) is 13.0. The van der Waals surface area contributed by atoms with Gasteiger partial charge in [-0.25, -0.2) is 0 Å². The van der Waals surface area contributed by atoms with Crippen LogP contribution in [-0.4, -0.2) is 49.4 Å². The topological polar surface area (TPSA) is 73.5 Å². The summed E-state index contributed by atoms with van der Waals surface area (Å²) in [6, 6.07) is 0.241. The van der Waals surface area contributed by atoms with Crippen LogP contribution in [0.25, 0.3) is 0 Å². The smallest absolute Gasteiger partial charge is 0.233 e. The van der Waals surface area contributed by atoms with Gasteiger partial charge in [-0.15, -0.1) is 0 Å². The first-order valence-corrected chi connectivity index (χ1v) is 6.14. The maximum Gasteiger partial charge on any atom is 0.233 e. The molecule has 0 amide bonds. The van der Waals surface area contributed by atoms with Crippen LogP contribution in [0, 0.1) is 0 Å². The van der Waals surface area contributed by atoms with Gasteiger partial charge in [-0.2, -0.15) is 4.98 Å². The van der Waals surface area contributed by atoms with Crippen LogP contribution >= 0.6 is 0 Å². The van der Waals surface area contributed by atoms with Crippen molar-refractivity contribution in [2.75, 3.05) is 32.2 Å². The van der Waals surface area contributed by atoms with Crippen LogP contribution in [-0.2, 0) is 4.74 Å². The van der Waals surface area contributed by atoms with Crippen molar-refractivity contribution in [1.29, 1.82) is 0 Å². The Hall–Kier alpha value is -1.40. The molecule has 1 aromatic heterocycles. The van der Waals surface area contributed by atoms with Crippen molar-refractivity contribution in [3.63, 3.8) is 0 Å². The van der Waals surface area contributed by atoms with Crippen LogP contribution in [0.5, 0.6) is 5.88 Å². The zero-order valence-electron chi connectivity index (χ0n) is 10.9. The van der Waals surface area contributed by atoms with E-state index in [4.69, 9.17) is 15.2 Å². The number of piperidine rings is 1. The van der Waals surface area contributed by atoms with Gasteiger partial charge in [-0.1, -0.05) is 0 Å². The zero-order valence-corrected chi connectivity index (χ0v) is 10.9. The summed E-state index contributed by atoms with van der Waals surface area (Å²) >= 11 is 0. The number of ether oxygens (including phenoxy) is 2. The van der Waals surface area contributed by atoms with Crippen molar-refractivity contribution in [3.8, 4) is 5.88 Å². The monoisotopic (exact) mass is 252 g/mol. The summed E-state index contributed by atoms with van der Waals surface area (Å²) in [6.07, 6.45) is 5.53. The van der Waals surface area contributed by atoms with E-state index in [9.17, 15) is 0 Å². The number of rotatable bonds is 4. The molecule has 0 aliphatic carbocycles. The number of hydrogen-bond donors (Lipinski definition) is 1. The molecule has 18 heavy (non-hydrogen) atoms. The summed E-state index contributed by atoms with van der Waals surface area (Å²) in [6.45, 7) is 1.46. The van der Waals surface area contributed by atoms with Crippen LogP contribution in [0.2, 0.25) is 0 Å². The third-order valence-electron chi connectivity index (χ3n) is 3.38. The molecule has 1 aliphatic heterocycles. The summed E-state index contributed by atoms with van der Waals surface area (Å²) in [7, 11) is 3.34. The number of hydrogen-bond acceptors (Lipinski definition) is 6. The van der Waals surface area contributed by atoms with Gasteiger partial charge in [-0.3, -0.25) is 4.98 Å². The number of methoxy groups -OCH3 is 2. The molecule has 2 heterocycles. The summed E-state index contributed by atoms with van der Waals surface area (Å²) in [5.41, 5.74) is 5.84. The van der Waals surface area contributed by atoms with E-state index < -0.39 is 0 Å². The van der Waals surface area contributed by atoms with Crippen molar-refractivity contribution in [2.24, 2.45) is 5.73 Å². The Morgan fingerprint density at radius 1 is 1.44 bits per heavy atom. The summed E-state index contributed by atoms with van der Waals surface area (Å²) in [4.78, 5) is 10.7. The van der Waals surface area contributed by atoms with Crippen molar-refractivity contribution < 1.29 is 9.47 Å². The van der Waals surface area contributed by atoms with Crippen LogP contribution in [0.3, 0.4) is 0 Å². The second-order valence-electron chi connectivity index (χ2n) is 4.38. The Kier molecular flexibility index (Phi) is 4.33. The molecule has 0 spiro atoms. The fourth-order valence-corrected chi connectivity index (χ4v) is 2.33. The number of anilines is 1. The average molecular weight is 252 g/mol. The summed E-state index contributed by atoms with van der Waals surface area (Å²) in [5.74, 6) is 1.34. The maximum atomic E-state index is 5.84. The van der Waals surface area contributed by atoms with E-state index >= 15 is 0 Å². The molecule has 1 saturated heterocycles. The van der Waals surface area contributed by atoms with E-state index in [0.29, 0.717) is 12.4 Å². The van der Waals surface area contributed by atoms with Crippen LogP contribution in [0.15, 0.2) is 12.4 Å². The number of aromatic nitrogens is 2. The molecule has 2 atom stereocenters. The highest BCUT2D eigenvalue weighted by Crippen LogP contribution is 2.24. The van der Waals surface area contributed by atoms with Gasteiger partial charge in [0.05, 0.1) is 25.6 Å². The predicted molar refractivity (Wildman–Crippen MR) is 68.8 cm³/mol. The third kappa shape index (κ3) is 2.70. The molecule has 1 aromatic rings. The molecule has 6 heteroatoms. The molecule has 2 unspecified atom stereocenters. The van der Waals surface area contributed by atoms with E-state index in [1.54, 1.807) is 26.6 Å². The van der Waals surface area contributed by atoms with Gasteiger partial charge in [0.25, 0.3) is 0 Å². The molecular weight excluding hydrogens is 232 g/mol. The lowest BCUT2D eigenvalue weighted by atomic mass is 9.99. The lowest BCUT2D eigenvalue weighted by Gasteiger charge is -2.39. The highest BCUT2D eigenvalue weighted by Gasteiger charge is 2.28. The molecule has 0 radical (unpaired) electrons. The normalized spacial score (nSPS) is 24.1. The van der Waals surface area contributed by atoms with Gasteiger partial charge in [-0.05, 0) is 12.8 Å². The summed E-state index contributed by atoms with van der Waals surface area (Å²) in [5, 5.41) is 0. The van der Waals surface area contributed by atoms with Crippen molar-refractivity contribution in [3.05, 3.63) is 12.4 Å². The lowest BCUT2D eigenvalue weighted by molar-refractivity contribution is 0.0707. The Bertz CT molecular complexity index is 388. The highest BCUT2D eigenvalue weighted by molar-refractivity contribution is 5.40. The van der Waals surface area contributed by atoms with E-state index in [1.165, 1.54) is 0 Å². The second kappa shape index (κ2) is 5.97. The quantitative estimate of drug-likeness (QED) is 0.837. The van der Waals surface area contributed by atoms with Gasteiger partial charge in [0.2, 0.25) is 5.88 Å². The van der Waals surface area contributed by atoms with Gasteiger partial charge in [0, 0.05) is 26.2 Å². The third-order valence-corrected chi connectivity index (χ3v) is 3.38. The molecule has 100 valence electrons. The molecule has 1 aliphatic rings. The molecule has 2 N–H and O–H groups in total. The molecular formula is C12H20N4O2. The molecule has 6 nitrogen and oxygen atoms in total. The predicted octanol–water partition coefficient (Wildman–Crippen LogP) is 0.428. The lowest BCUT2D eigenvalue weighted by Crippen LogP contribution is -2.49. The number of nitrogens with two attached hydrogens (primary N) is 1. The van der Waals surface area contributed by atoms with Gasteiger partial charge in [0.15, 0.2) is 5.82 Å². The highest BCUT2D eigenvalue weighted by atomic mass is 16.5. The standard InChI is InChI=1S/C12H20N4O2/c1-17-10-3-4-16(9(5-10)6-13)11-7-14-8-12(15-11)18-2/h7-10H,3-6,13H2,1-2H3. The first-order valence-electron chi connectivity index (χ1n) is 6.14. The minimum absolute atomic E-state index is 0.241. The Balaban J connectivity index is 2.15. The molecule has 0 aromatic carbocycles. The van der Waals surface area contributed by atoms with Crippen molar-refractivity contribution >= 4 is 5.82 Å². The van der Waals surface area contributed by atoms with Crippen molar-refractivity contribution in [2.45, 2.75) is 25.0 Å². The first-order chi connectivity index (χ1) is 8.78. The minimum Gasteiger partial charge on any atom is -0.480 e.